The van der Waals surface area contributed by atoms with E-state index in [1.165, 1.54) is 5.69 Å². The Bertz CT molecular complexity index is 797. The highest BCUT2D eigenvalue weighted by molar-refractivity contribution is 5.95. The monoisotopic (exact) mass is 370 g/mol. The number of methoxy groups -OCH3 is 1. The van der Waals surface area contributed by atoms with Crippen LogP contribution in [0.25, 0.3) is 0 Å². The number of nitrogens with one attached hydrogen (secondary N) is 1. The first kappa shape index (κ1) is 19.4. The van der Waals surface area contributed by atoms with Gasteiger partial charge in [-0.25, -0.2) is 0 Å². The van der Waals surface area contributed by atoms with Gasteiger partial charge in [0.15, 0.2) is 0 Å². The van der Waals surface area contributed by atoms with Gasteiger partial charge in [0.25, 0.3) is 5.91 Å². The molecule has 0 saturated heterocycles. The number of rotatable bonds is 6. The van der Waals surface area contributed by atoms with Crippen LogP contribution in [0, 0.1) is 12.8 Å². The van der Waals surface area contributed by atoms with E-state index in [-0.39, 0.29) is 5.91 Å². The Morgan fingerprint density at radius 3 is 2.81 bits per heavy atom. The molecule has 2 aromatic rings. The second-order valence-electron chi connectivity index (χ2n) is 7.70. The predicted octanol–water partition coefficient (Wildman–Crippen LogP) is 2.99. The standard InChI is InChI=1S/C21H30N4O2/c1-15(2)13-24-8-5-9-25-18(14-24)11-17(23-25)12-22-21(26)20-7-6-19(27-4)10-16(20)3/h6-7,10-11,15H,5,8-9,12-14H2,1-4H3,(H,22,26). The lowest BCUT2D eigenvalue weighted by Crippen LogP contribution is -2.27. The molecular formula is C21H30N4O2. The van der Waals surface area contributed by atoms with E-state index in [0.717, 1.165) is 49.6 Å². The van der Waals surface area contributed by atoms with Gasteiger partial charge in [0.2, 0.25) is 0 Å². The summed E-state index contributed by atoms with van der Waals surface area (Å²) >= 11 is 0. The number of amides is 1. The Labute approximate surface area is 161 Å². The molecule has 6 nitrogen and oxygen atoms in total. The van der Waals surface area contributed by atoms with Crippen molar-refractivity contribution in [1.29, 1.82) is 0 Å². The topological polar surface area (TPSA) is 59.4 Å². The van der Waals surface area contributed by atoms with Crippen LogP contribution in [0.1, 0.15) is 47.6 Å². The number of benzene rings is 1. The van der Waals surface area contributed by atoms with E-state index in [9.17, 15) is 4.79 Å². The van der Waals surface area contributed by atoms with Crippen molar-refractivity contribution in [2.75, 3.05) is 20.2 Å². The van der Waals surface area contributed by atoms with Crippen molar-refractivity contribution in [2.45, 2.75) is 46.8 Å². The fraction of sp³-hybridized carbons (Fsp3) is 0.524. The van der Waals surface area contributed by atoms with E-state index in [4.69, 9.17) is 9.84 Å². The summed E-state index contributed by atoms with van der Waals surface area (Å²) in [5.41, 5.74) is 3.71. The predicted molar refractivity (Wildman–Crippen MR) is 106 cm³/mol. The molecule has 1 N–H and O–H groups in total. The summed E-state index contributed by atoms with van der Waals surface area (Å²) in [5, 5.41) is 7.69. The minimum atomic E-state index is -0.0835. The lowest BCUT2D eigenvalue weighted by atomic mass is 10.1. The van der Waals surface area contributed by atoms with Crippen molar-refractivity contribution in [1.82, 2.24) is 20.0 Å². The van der Waals surface area contributed by atoms with Crippen LogP contribution in [0.4, 0.5) is 0 Å². The minimum Gasteiger partial charge on any atom is -0.497 e. The molecule has 6 heteroatoms. The molecule has 3 rings (SSSR count). The Hall–Kier alpha value is -2.34. The van der Waals surface area contributed by atoms with E-state index < -0.39 is 0 Å². The molecular weight excluding hydrogens is 340 g/mol. The highest BCUT2D eigenvalue weighted by Gasteiger charge is 2.18. The molecule has 1 aromatic heterocycles. The van der Waals surface area contributed by atoms with E-state index >= 15 is 0 Å². The van der Waals surface area contributed by atoms with Crippen LogP contribution >= 0.6 is 0 Å². The van der Waals surface area contributed by atoms with Crippen LogP contribution in [0.2, 0.25) is 0 Å². The Kier molecular flexibility index (Phi) is 6.16. The number of carbonyl (C=O) groups excluding carboxylic acids is 1. The molecule has 1 aliphatic heterocycles. The van der Waals surface area contributed by atoms with Crippen LogP contribution < -0.4 is 10.1 Å². The van der Waals surface area contributed by atoms with Crippen LogP contribution in [0.3, 0.4) is 0 Å². The smallest absolute Gasteiger partial charge is 0.251 e. The zero-order valence-corrected chi connectivity index (χ0v) is 16.8. The number of hydrogen-bond donors (Lipinski definition) is 1. The van der Waals surface area contributed by atoms with E-state index in [1.54, 1.807) is 13.2 Å². The van der Waals surface area contributed by atoms with Crippen molar-refractivity contribution in [3.8, 4) is 5.75 Å². The van der Waals surface area contributed by atoms with Gasteiger partial charge in [-0.05, 0) is 49.1 Å². The summed E-state index contributed by atoms with van der Waals surface area (Å²) in [6, 6.07) is 7.61. The van der Waals surface area contributed by atoms with E-state index in [1.807, 2.05) is 19.1 Å². The molecule has 0 aliphatic carbocycles. The van der Waals surface area contributed by atoms with Gasteiger partial charge in [0.05, 0.1) is 25.0 Å². The first-order valence-corrected chi connectivity index (χ1v) is 9.67. The first-order valence-electron chi connectivity index (χ1n) is 9.67. The third kappa shape index (κ3) is 4.89. The number of fused-ring (bicyclic) bond motifs is 1. The molecule has 1 amide bonds. The maximum absolute atomic E-state index is 12.5. The highest BCUT2D eigenvalue weighted by atomic mass is 16.5. The van der Waals surface area contributed by atoms with Crippen LogP contribution in [-0.4, -0.2) is 40.8 Å². The summed E-state index contributed by atoms with van der Waals surface area (Å²) in [6.45, 7) is 11.0. The third-order valence-corrected chi connectivity index (χ3v) is 4.88. The van der Waals surface area contributed by atoms with Crippen LogP contribution in [0.5, 0.6) is 5.75 Å². The van der Waals surface area contributed by atoms with Gasteiger partial charge in [-0.1, -0.05) is 13.8 Å². The number of hydrogen-bond acceptors (Lipinski definition) is 4. The number of carbonyl (C=O) groups is 1. The van der Waals surface area contributed by atoms with E-state index in [0.29, 0.717) is 18.0 Å². The number of nitrogens with zero attached hydrogens (tertiary/aromatic N) is 3. The summed E-state index contributed by atoms with van der Waals surface area (Å²) in [5.74, 6) is 1.33. The van der Waals surface area contributed by atoms with Gasteiger partial charge in [0.1, 0.15) is 5.75 Å². The Morgan fingerprint density at radius 2 is 2.11 bits per heavy atom. The molecule has 1 aliphatic rings. The maximum Gasteiger partial charge on any atom is 0.251 e. The van der Waals surface area contributed by atoms with Crippen molar-refractivity contribution in [3.63, 3.8) is 0 Å². The van der Waals surface area contributed by atoms with Gasteiger partial charge in [-0.15, -0.1) is 0 Å². The number of aromatic nitrogens is 2. The van der Waals surface area contributed by atoms with Crippen LogP contribution in [-0.2, 0) is 19.6 Å². The first-order chi connectivity index (χ1) is 13.0. The SMILES string of the molecule is COc1ccc(C(=O)NCc2cc3n(n2)CCCN(CC(C)C)C3)c(C)c1. The van der Waals surface area contributed by atoms with Crippen molar-refractivity contribution < 1.29 is 9.53 Å². The fourth-order valence-corrected chi connectivity index (χ4v) is 3.63. The number of ether oxygens (including phenoxy) is 1. The molecule has 146 valence electrons. The summed E-state index contributed by atoms with van der Waals surface area (Å²) in [7, 11) is 1.62. The lowest BCUT2D eigenvalue weighted by molar-refractivity contribution is 0.0949. The molecule has 0 bridgehead atoms. The normalized spacial score (nSPS) is 14.7. The molecule has 0 unspecified atom stereocenters. The summed E-state index contributed by atoms with van der Waals surface area (Å²) in [6.07, 6.45) is 1.11. The van der Waals surface area contributed by atoms with Crippen LogP contribution in [0.15, 0.2) is 24.3 Å². The quantitative estimate of drug-likeness (QED) is 0.849. The molecule has 0 spiro atoms. The van der Waals surface area contributed by atoms with Crippen molar-refractivity contribution in [2.24, 2.45) is 5.92 Å². The molecule has 2 heterocycles. The Morgan fingerprint density at radius 1 is 1.30 bits per heavy atom. The fourth-order valence-electron chi connectivity index (χ4n) is 3.63. The summed E-state index contributed by atoms with van der Waals surface area (Å²) < 4.78 is 7.30. The third-order valence-electron chi connectivity index (χ3n) is 4.88. The molecule has 27 heavy (non-hydrogen) atoms. The van der Waals surface area contributed by atoms with Gasteiger partial charge < -0.3 is 10.1 Å². The van der Waals surface area contributed by atoms with Gasteiger partial charge in [-0.3, -0.25) is 14.4 Å². The van der Waals surface area contributed by atoms with Crippen molar-refractivity contribution >= 4 is 5.91 Å². The summed E-state index contributed by atoms with van der Waals surface area (Å²) in [4.78, 5) is 15.0. The average Bonchev–Trinajstić information content (AvgIpc) is 2.91. The van der Waals surface area contributed by atoms with Gasteiger partial charge in [0, 0.05) is 31.7 Å². The average molecular weight is 370 g/mol. The maximum atomic E-state index is 12.5. The second-order valence-corrected chi connectivity index (χ2v) is 7.70. The highest BCUT2D eigenvalue weighted by Crippen LogP contribution is 2.18. The van der Waals surface area contributed by atoms with E-state index in [2.05, 4.69) is 34.8 Å². The molecule has 1 aromatic carbocycles. The largest absolute Gasteiger partial charge is 0.497 e. The lowest BCUT2D eigenvalue weighted by Gasteiger charge is -2.21. The Balaban J connectivity index is 1.63. The number of aryl methyl sites for hydroxylation is 2. The molecule has 0 fully saturated rings. The zero-order chi connectivity index (χ0) is 19.4. The molecule has 0 radical (unpaired) electrons. The van der Waals surface area contributed by atoms with Gasteiger partial charge >= 0.3 is 0 Å². The minimum absolute atomic E-state index is 0.0835. The molecule has 0 saturated carbocycles. The van der Waals surface area contributed by atoms with Crippen molar-refractivity contribution in [3.05, 3.63) is 46.8 Å². The molecule has 0 atom stereocenters. The van der Waals surface area contributed by atoms with Gasteiger partial charge in [-0.2, -0.15) is 5.10 Å². The second kappa shape index (κ2) is 8.57. The zero-order valence-electron chi connectivity index (χ0n) is 16.8.